The Morgan fingerprint density at radius 2 is 1.65 bits per heavy atom. The van der Waals surface area contributed by atoms with E-state index in [0.29, 0.717) is 0 Å². The second-order valence-electron chi connectivity index (χ2n) is 4.95. The fourth-order valence-electron chi connectivity index (χ4n) is 2.40. The highest BCUT2D eigenvalue weighted by molar-refractivity contribution is 14.1. The van der Waals surface area contributed by atoms with Crippen LogP contribution in [0.2, 0.25) is 0 Å². The average Bonchev–Trinajstić information content (AvgIpc) is 2.45. The van der Waals surface area contributed by atoms with Gasteiger partial charge in [-0.15, -0.1) is 6.58 Å². The first-order chi connectivity index (χ1) is 9.53. The van der Waals surface area contributed by atoms with Crippen LogP contribution in [0.5, 0.6) is 0 Å². The normalized spacial score (nSPS) is 21.6. The van der Waals surface area contributed by atoms with Crippen molar-refractivity contribution in [2.24, 2.45) is 5.92 Å². The van der Waals surface area contributed by atoms with Crippen LogP contribution in [0.4, 0.5) is 8.78 Å². The van der Waals surface area contributed by atoms with Crippen LogP contribution in [0.3, 0.4) is 0 Å². The first-order valence-corrected chi connectivity index (χ1v) is 7.78. The lowest BCUT2D eigenvalue weighted by molar-refractivity contribution is -0.111. The van der Waals surface area contributed by atoms with Gasteiger partial charge in [-0.2, -0.15) is 0 Å². The van der Waals surface area contributed by atoms with E-state index in [4.69, 9.17) is 0 Å². The number of carbonyl (C=O) groups is 1. The maximum absolute atomic E-state index is 13.4. The minimum Gasteiger partial charge on any atom is -0.303 e. The summed E-state index contributed by atoms with van der Waals surface area (Å²) in [4.78, 5) is 10.6. The summed E-state index contributed by atoms with van der Waals surface area (Å²) in [6.45, 7) is 5.25. The second-order valence-corrected chi connectivity index (χ2v) is 6.03. The van der Waals surface area contributed by atoms with E-state index in [1.54, 1.807) is 28.7 Å². The lowest BCUT2D eigenvalue weighted by Gasteiger charge is -2.25. The molecule has 0 spiro atoms. The highest BCUT2D eigenvalue weighted by Crippen LogP contribution is 2.36. The maximum Gasteiger partial charge on any atom is 0.139 e. The Balaban J connectivity index is 0.000000612. The molecule has 1 fully saturated rings. The minimum absolute atomic E-state index is 0.0490. The Morgan fingerprint density at radius 1 is 1.20 bits per heavy atom. The van der Waals surface area contributed by atoms with Gasteiger partial charge in [0.2, 0.25) is 0 Å². The van der Waals surface area contributed by atoms with Crippen LogP contribution < -0.4 is 0 Å². The van der Waals surface area contributed by atoms with E-state index in [-0.39, 0.29) is 15.4 Å². The van der Waals surface area contributed by atoms with Crippen LogP contribution >= 0.6 is 22.6 Å². The largest absolute Gasteiger partial charge is 0.303 e. The molecule has 1 aliphatic carbocycles. The molecular weight excluding hydrogens is 373 g/mol. The van der Waals surface area contributed by atoms with Gasteiger partial charge in [-0.1, -0.05) is 6.08 Å². The fraction of sp³-hybridized carbons (Fsp3) is 0.438. The van der Waals surface area contributed by atoms with Crippen molar-refractivity contribution in [1.82, 2.24) is 0 Å². The second kappa shape index (κ2) is 8.49. The lowest BCUT2D eigenvalue weighted by atomic mass is 9.79. The van der Waals surface area contributed by atoms with E-state index in [1.165, 1.54) is 12.1 Å². The molecular formula is C16H19F2IO. The van der Waals surface area contributed by atoms with E-state index < -0.39 is 11.6 Å². The number of rotatable bonds is 2. The third kappa shape index (κ3) is 4.65. The van der Waals surface area contributed by atoms with Gasteiger partial charge < -0.3 is 4.79 Å². The maximum atomic E-state index is 13.4. The van der Waals surface area contributed by atoms with Crippen LogP contribution in [0.1, 0.15) is 44.1 Å². The van der Waals surface area contributed by atoms with Crippen molar-refractivity contribution in [1.29, 1.82) is 0 Å². The van der Waals surface area contributed by atoms with Crippen molar-refractivity contribution in [3.8, 4) is 0 Å². The smallest absolute Gasteiger partial charge is 0.139 e. The average molecular weight is 392 g/mol. The molecule has 0 bridgehead atoms. The highest BCUT2D eigenvalue weighted by atomic mass is 127. The Bertz CT molecular complexity index is 443. The first kappa shape index (κ1) is 17.3. The molecule has 0 aliphatic heterocycles. The summed E-state index contributed by atoms with van der Waals surface area (Å²) in [5, 5.41) is 0. The topological polar surface area (TPSA) is 17.1 Å². The highest BCUT2D eigenvalue weighted by Gasteiger charge is 2.23. The van der Waals surface area contributed by atoms with Gasteiger partial charge in [-0.3, -0.25) is 0 Å². The SMILES string of the molecule is C=CC.O=CC1CCC(c2cc(F)c(I)c(F)c2)CC1. The molecule has 1 saturated carbocycles. The van der Waals surface area contributed by atoms with Crippen molar-refractivity contribution in [3.63, 3.8) is 0 Å². The third-order valence-electron chi connectivity index (χ3n) is 3.44. The molecule has 4 heteroatoms. The molecule has 0 aromatic heterocycles. The number of aldehydes is 1. The Hall–Kier alpha value is -0.780. The van der Waals surface area contributed by atoms with Crippen molar-refractivity contribution in [2.45, 2.75) is 38.5 Å². The number of hydrogen-bond acceptors (Lipinski definition) is 1. The zero-order valence-corrected chi connectivity index (χ0v) is 13.7. The van der Waals surface area contributed by atoms with Crippen molar-refractivity contribution < 1.29 is 13.6 Å². The van der Waals surface area contributed by atoms with Gasteiger partial charge in [0.05, 0.1) is 3.57 Å². The molecule has 20 heavy (non-hydrogen) atoms. The minimum atomic E-state index is -0.488. The quantitative estimate of drug-likeness (QED) is 0.291. The van der Waals surface area contributed by atoms with Gasteiger partial charge in [0.25, 0.3) is 0 Å². The lowest BCUT2D eigenvalue weighted by Crippen LogP contribution is -2.14. The molecule has 0 radical (unpaired) electrons. The van der Waals surface area contributed by atoms with E-state index in [0.717, 1.165) is 37.5 Å². The molecule has 0 atom stereocenters. The van der Waals surface area contributed by atoms with Gasteiger partial charge in [0, 0.05) is 5.92 Å². The molecule has 0 heterocycles. The van der Waals surface area contributed by atoms with Gasteiger partial charge in [-0.05, 0) is 78.8 Å². The number of halogens is 3. The van der Waals surface area contributed by atoms with E-state index in [2.05, 4.69) is 6.58 Å². The third-order valence-corrected chi connectivity index (χ3v) is 4.47. The standard InChI is InChI=1S/C13H13F2IO.C3H6/c14-11-5-10(6-12(15)13(11)16)9-3-1-8(7-17)2-4-9;1-3-2/h5-9H,1-4H2;3H,1H2,2H3. The van der Waals surface area contributed by atoms with Crippen molar-refractivity contribution in [3.05, 3.63) is 45.6 Å². The number of allylic oxidation sites excluding steroid dienone is 1. The van der Waals surface area contributed by atoms with Crippen molar-refractivity contribution >= 4 is 28.9 Å². The van der Waals surface area contributed by atoms with Crippen molar-refractivity contribution in [2.75, 3.05) is 0 Å². The van der Waals surface area contributed by atoms with Crippen LogP contribution in [0.15, 0.2) is 24.8 Å². The molecule has 1 aromatic carbocycles. The van der Waals surface area contributed by atoms with Gasteiger partial charge in [-0.25, -0.2) is 8.78 Å². The van der Waals surface area contributed by atoms with Gasteiger partial charge in [0.1, 0.15) is 17.9 Å². The predicted octanol–water partition coefficient (Wildman–Crippen LogP) is 5.23. The number of carbonyl (C=O) groups excluding carboxylic acids is 1. The van der Waals surface area contributed by atoms with Crippen LogP contribution in [-0.2, 0) is 4.79 Å². The number of benzene rings is 1. The molecule has 0 amide bonds. The molecule has 1 nitrogen and oxygen atoms in total. The van der Waals surface area contributed by atoms with Crippen LogP contribution in [-0.4, -0.2) is 6.29 Å². The summed E-state index contributed by atoms with van der Waals surface area (Å²) >= 11 is 1.67. The molecule has 2 rings (SSSR count). The van der Waals surface area contributed by atoms with Gasteiger partial charge >= 0.3 is 0 Å². The van der Waals surface area contributed by atoms with Gasteiger partial charge in [0.15, 0.2) is 0 Å². The summed E-state index contributed by atoms with van der Waals surface area (Å²) in [5.41, 5.74) is 0.727. The van der Waals surface area contributed by atoms with Crippen LogP contribution in [0.25, 0.3) is 0 Å². The molecule has 0 unspecified atom stereocenters. The molecule has 0 saturated heterocycles. The molecule has 1 aromatic rings. The zero-order chi connectivity index (χ0) is 15.1. The summed E-state index contributed by atoms with van der Waals surface area (Å²) in [5.74, 6) is -0.659. The molecule has 110 valence electrons. The number of hydrogen-bond donors (Lipinski definition) is 0. The van der Waals surface area contributed by atoms with E-state index in [1.807, 2.05) is 6.92 Å². The monoisotopic (exact) mass is 392 g/mol. The first-order valence-electron chi connectivity index (χ1n) is 6.70. The summed E-state index contributed by atoms with van der Waals surface area (Å²) in [7, 11) is 0. The predicted molar refractivity (Wildman–Crippen MR) is 85.7 cm³/mol. The molecule has 0 N–H and O–H groups in total. The molecule has 1 aliphatic rings. The van der Waals surface area contributed by atoms with E-state index in [9.17, 15) is 13.6 Å². The Morgan fingerprint density at radius 3 is 2.05 bits per heavy atom. The van der Waals surface area contributed by atoms with Crippen LogP contribution in [0, 0.1) is 21.1 Å². The van der Waals surface area contributed by atoms with E-state index >= 15 is 0 Å². The summed E-state index contributed by atoms with van der Waals surface area (Å²) in [6, 6.07) is 2.85. The Labute approximate surface area is 132 Å². The summed E-state index contributed by atoms with van der Waals surface area (Å²) in [6.07, 6.45) is 6.06. The fourth-order valence-corrected chi connectivity index (χ4v) is 2.71. The zero-order valence-electron chi connectivity index (χ0n) is 11.5. The Kier molecular flexibility index (Phi) is 7.34. The summed E-state index contributed by atoms with van der Waals surface area (Å²) < 4.78 is 26.9.